The topological polar surface area (TPSA) is 69.2 Å². The molecule has 0 aliphatic heterocycles. The Morgan fingerprint density at radius 1 is 1.19 bits per heavy atom. The summed E-state index contributed by atoms with van der Waals surface area (Å²) in [5.41, 5.74) is 3.39. The average molecular weight is 541 g/mol. The van der Waals surface area contributed by atoms with Crippen LogP contribution < -0.4 is 5.32 Å². The lowest BCUT2D eigenvalue weighted by molar-refractivity contribution is 0.476. The Balaban J connectivity index is 0.00000261. The minimum absolute atomic E-state index is 0. The van der Waals surface area contributed by atoms with Crippen LogP contribution in [0.4, 0.5) is 0 Å². The van der Waals surface area contributed by atoms with Crippen molar-refractivity contribution in [3.63, 3.8) is 0 Å². The lowest BCUT2D eigenvalue weighted by Gasteiger charge is -2.22. The molecule has 0 saturated heterocycles. The number of rotatable bonds is 5. The SMILES string of the molecule is CN=C(NCc1cccc(-c2ncn[nH]2)c1)N(C)Cc1ccc(Br)cc1.I. The molecule has 0 amide bonds. The second-order valence-corrected chi connectivity index (χ2v) is 6.83. The van der Waals surface area contributed by atoms with Gasteiger partial charge in [0.15, 0.2) is 11.8 Å². The molecule has 0 saturated carbocycles. The molecule has 1 heterocycles. The summed E-state index contributed by atoms with van der Waals surface area (Å²) in [6, 6.07) is 16.5. The summed E-state index contributed by atoms with van der Waals surface area (Å²) in [6.07, 6.45) is 1.51. The lowest BCUT2D eigenvalue weighted by atomic mass is 10.1. The molecule has 6 nitrogen and oxygen atoms in total. The maximum Gasteiger partial charge on any atom is 0.193 e. The van der Waals surface area contributed by atoms with Gasteiger partial charge in [-0.3, -0.25) is 10.1 Å². The van der Waals surface area contributed by atoms with Crippen LogP contribution in [-0.2, 0) is 13.1 Å². The molecular weight excluding hydrogens is 519 g/mol. The highest BCUT2D eigenvalue weighted by molar-refractivity contribution is 14.0. The first-order valence-electron chi connectivity index (χ1n) is 8.26. The van der Waals surface area contributed by atoms with E-state index in [1.165, 1.54) is 11.9 Å². The van der Waals surface area contributed by atoms with Gasteiger partial charge in [-0.1, -0.05) is 46.3 Å². The monoisotopic (exact) mass is 540 g/mol. The molecule has 0 spiro atoms. The fraction of sp³-hybridized carbons (Fsp3) is 0.211. The number of halogens is 2. The van der Waals surface area contributed by atoms with Gasteiger partial charge in [-0.25, -0.2) is 4.98 Å². The zero-order chi connectivity index (χ0) is 18.4. The molecule has 0 aliphatic carbocycles. The Morgan fingerprint density at radius 3 is 2.63 bits per heavy atom. The minimum atomic E-state index is 0. The van der Waals surface area contributed by atoms with Crippen LogP contribution in [0.1, 0.15) is 11.1 Å². The van der Waals surface area contributed by atoms with Crippen LogP contribution in [0.25, 0.3) is 11.4 Å². The second kappa shape index (κ2) is 10.4. The number of nitrogens with one attached hydrogen (secondary N) is 2. The summed E-state index contributed by atoms with van der Waals surface area (Å²) < 4.78 is 1.08. The molecule has 0 atom stereocenters. The highest BCUT2D eigenvalue weighted by Gasteiger charge is 2.08. The zero-order valence-corrected chi connectivity index (χ0v) is 19.1. The number of benzene rings is 2. The Kier molecular flexibility index (Phi) is 8.23. The van der Waals surface area contributed by atoms with Crippen molar-refractivity contribution in [3.05, 3.63) is 70.5 Å². The number of H-pyrrole nitrogens is 1. The van der Waals surface area contributed by atoms with Crippen molar-refractivity contribution >= 4 is 45.9 Å². The van der Waals surface area contributed by atoms with Crippen LogP contribution in [0.15, 0.2) is 64.3 Å². The summed E-state index contributed by atoms with van der Waals surface area (Å²) in [7, 11) is 3.83. The predicted octanol–water partition coefficient (Wildman–Crippen LogP) is 4.06. The van der Waals surface area contributed by atoms with Crippen LogP contribution in [0.5, 0.6) is 0 Å². The largest absolute Gasteiger partial charge is 0.352 e. The van der Waals surface area contributed by atoms with Crippen LogP contribution in [0, 0.1) is 0 Å². The summed E-state index contributed by atoms with van der Waals surface area (Å²) in [4.78, 5) is 10.7. The quantitative estimate of drug-likeness (QED) is 0.291. The van der Waals surface area contributed by atoms with E-state index in [1.807, 2.05) is 31.3 Å². The zero-order valence-electron chi connectivity index (χ0n) is 15.2. The van der Waals surface area contributed by atoms with Gasteiger partial charge in [0.2, 0.25) is 0 Å². The van der Waals surface area contributed by atoms with E-state index in [4.69, 9.17) is 0 Å². The van der Waals surface area contributed by atoms with E-state index in [0.717, 1.165) is 33.9 Å². The Bertz CT molecular complexity index is 864. The molecule has 1 aromatic heterocycles. The summed E-state index contributed by atoms with van der Waals surface area (Å²) >= 11 is 3.46. The van der Waals surface area contributed by atoms with Gasteiger partial charge in [0.25, 0.3) is 0 Å². The summed E-state index contributed by atoms with van der Waals surface area (Å²) in [6.45, 7) is 1.46. The van der Waals surface area contributed by atoms with Gasteiger partial charge in [-0.15, -0.1) is 24.0 Å². The highest BCUT2D eigenvalue weighted by atomic mass is 127. The van der Waals surface area contributed by atoms with Crippen molar-refractivity contribution in [1.82, 2.24) is 25.4 Å². The summed E-state index contributed by atoms with van der Waals surface area (Å²) in [5.74, 6) is 1.61. The Labute approximate surface area is 184 Å². The van der Waals surface area contributed by atoms with Gasteiger partial charge in [0, 0.05) is 37.2 Å². The van der Waals surface area contributed by atoms with Crippen LogP contribution in [0.3, 0.4) is 0 Å². The fourth-order valence-corrected chi connectivity index (χ4v) is 2.94. The molecule has 27 heavy (non-hydrogen) atoms. The van der Waals surface area contributed by atoms with E-state index in [-0.39, 0.29) is 24.0 Å². The van der Waals surface area contributed by atoms with E-state index in [1.54, 1.807) is 7.05 Å². The smallest absolute Gasteiger partial charge is 0.193 e. The van der Waals surface area contributed by atoms with Gasteiger partial charge < -0.3 is 10.2 Å². The fourth-order valence-electron chi connectivity index (χ4n) is 2.68. The first-order chi connectivity index (χ1) is 12.7. The third-order valence-electron chi connectivity index (χ3n) is 3.97. The standard InChI is InChI=1S/C19H21BrN6.HI/c1-21-19(26(2)12-14-6-8-17(20)9-7-14)22-11-15-4-3-5-16(10-15)18-23-13-24-25-18;/h3-10,13H,11-12H2,1-2H3,(H,21,22)(H,23,24,25);1H. The number of hydrogen-bond acceptors (Lipinski definition) is 3. The molecule has 0 fully saturated rings. The molecule has 2 aromatic carbocycles. The number of aromatic amines is 1. The normalized spacial score (nSPS) is 11.0. The van der Waals surface area contributed by atoms with Gasteiger partial charge in [0.05, 0.1) is 0 Å². The molecule has 8 heteroatoms. The van der Waals surface area contributed by atoms with Crippen molar-refractivity contribution < 1.29 is 0 Å². The van der Waals surface area contributed by atoms with E-state index in [0.29, 0.717) is 6.54 Å². The van der Waals surface area contributed by atoms with Gasteiger partial charge in [0.1, 0.15) is 6.33 Å². The molecule has 142 valence electrons. The maximum atomic E-state index is 4.38. The van der Waals surface area contributed by atoms with Crippen molar-refractivity contribution in [2.45, 2.75) is 13.1 Å². The molecule has 3 rings (SSSR count). The van der Waals surface area contributed by atoms with Crippen LogP contribution >= 0.6 is 39.9 Å². The molecule has 0 radical (unpaired) electrons. The van der Waals surface area contributed by atoms with Crippen molar-refractivity contribution in [1.29, 1.82) is 0 Å². The number of hydrogen-bond donors (Lipinski definition) is 2. The van der Waals surface area contributed by atoms with E-state index in [9.17, 15) is 0 Å². The average Bonchev–Trinajstić information content (AvgIpc) is 3.19. The predicted molar refractivity (Wildman–Crippen MR) is 123 cm³/mol. The van der Waals surface area contributed by atoms with Crippen LogP contribution in [0.2, 0.25) is 0 Å². The third-order valence-corrected chi connectivity index (χ3v) is 4.50. The highest BCUT2D eigenvalue weighted by Crippen LogP contribution is 2.15. The van der Waals surface area contributed by atoms with Crippen molar-refractivity contribution in [2.75, 3.05) is 14.1 Å². The number of aromatic nitrogens is 3. The van der Waals surface area contributed by atoms with Gasteiger partial charge in [-0.05, 0) is 29.3 Å². The number of nitrogens with zero attached hydrogens (tertiary/aromatic N) is 4. The number of aliphatic imine (C=N–C) groups is 1. The molecule has 0 bridgehead atoms. The van der Waals surface area contributed by atoms with Gasteiger partial charge in [-0.2, -0.15) is 5.10 Å². The molecular formula is C19H22BrIN6. The summed E-state index contributed by atoms with van der Waals surface area (Å²) in [5, 5.41) is 10.2. The number of guanidine groups is 1. The van der Waals surface area contributed by atoms with E-state index >= 15 is 0 Å². The van der Waals surface area contributed by atoms with Gasteiger partial charge >= 0.3 is 0 Å². The van der Waals surface area contributed by atoms with Crippen molar-refractivity contribution in [3.8, 4) is 11.4 Å². The maximum absolute atomic E-state index is 4.38. The van der Waals surface area contributed by atoms with E-state index < -0.39 is 0 Å². The molecule has 2 N–H and O–H groups in total. The first kappa shape index (κ1) is 21.4. The van der Waals surface area contributed by atoms with E-state index in [2.05, 4.69) is 70.6 Å². The first-order valence-corrected chi connectivity index (χ1v) is 9.06. The third kappa shape index (κ3) is 6.03. The molecule has 0 unspecified atom stereocenters. The molecule has 3 aromatic rings. The Morgan fingerprint density at radius 2 is 1.96 bits per heavy atom. The Hall–Kier alpha value is -1.94. The van der Waals surface area contributed by atoms with Crippen molar-refractivity contribution in [2.24, 2.45) is 4.99 Å². The lowest BCUT2D eigenvalue weighted by Crippen LogP contribution is -2.38. The second-order valence-electron chi connectivity index (χ2n) is 5.92. The minimum Gasteiger partial charge on any atom is -0.352 e. The molecule has 0 aliphatic rings. The van der Waals surface area contributed by atoms with Crippen LogP contribution in [-0.4, -0.2) is 40.1 Å².